The largest absolute Gasteiger partial charge is 0.350 e. The molecule has 1 N–H and O–H groups in total. The Bertz CT molecular complexity index is 1100. The number of fused-ring (bicyclic) bond motifs is 1. The summed E-state index contributed by atoms with van der Waals surface area (Å²) >= 11 is 0. The minimum absolute atomic E-state index is 0.0418. The minimum Gasteiger partial charge on any atom is -0.350 e. The van der Waals surface area contributed by atoms with Crippen molar-refractivity contribution in [3.63, 3.8) is 0 Å². The van der Waals surface area contributed by atoms with Crippen molar-refractivity contribution in [3.05, 3.63) is 40.2 Å². The van der Waals surface area contributed by atoms with Crippen LogP contribution in [-0.4, -0.2) is 42.3 Å². The molecule has 0 saturated heterocycles. The number of aromatic nitrogens is 1. The summed E-state index contributed by atoms with van der Waals surface area (Å²) in [6.07, 6.45) is 5.74. The van der Waals surface area contributed by atoms with Gasteiger partial charge in [-0.3, -0.25) is 9.59 Å². The van der Waals surface area contributed by atoms with Gasteiger partial charge in [0.2, 0.25) is 15.5 Å². The number of hydrogen-bond acceptors (Lipinski definition) is 4. The number of benzene rings is 1. The van der Waals surface area contributed by atoms with Crippen LogP contribution in [0.2, 0.25) is 0 Å². The van der Waals surface area contributed by atoms with Gasteiger partial charge in [0.05, 0.1) is 10.4 Å². The van der Waals surface area contributed by atoms with Crippen molar-refractivity contribution in [2.75, 3.05) is 13.1 Å². The molecule has 1 aromatic carbocycles. The third kappa shape index (κ3) is 4.16. The summed E-state index contributed by atoms with van der Waals surface area (Å²) < 4.78 is 28.8. The quantitative estimate of drug-likeness (QED) is 0.759. The third-order valence-corrected chi connectivity index (χ3v) is 8.22. The van der Waals surface area contributed by atoms with Crippen molar-refractivity contribution in [2.45, 2.75) is 57.4 Å². The Balaban J connectivity index is 2.04. The van der Waals surface area contributed by atoms with Crippen LogP contribution in [0.5, 0.6) is 0 Å². The lowest BCUT2D eigenvalue weighted by atomic mass is 9.86. The molecule has 0 aliphatic heterocycles. The number of nitrogens with zero attached hydrogens (tertiary/aromatic N) is 2. The van der Waals surface area contributed by atoms with Crippen LogP contribution < -0.4 is 10.7 Å². The van der Waals surface area contributed by atoms with Crippen LogP contribution in [0, 0.1) is 5.92 Å². The predicted molar refractivity (Wildman–Crippen MR) is 118 cm³/mol. The Morgan fingerprint density at radius 3 is 2.50 bits per heavy atom. The van der Waals surface area contributed by atoms with E-state index >= 15 is 0 Å². The van der Waals surface area contributed by atoms with Crippen LogP contribution >= 0.6 is 0 Å². The van der Waals surface area contributed by atoms with Crippen LogP contribution in [0.25, 0.3) is 10.9 Å². The van der Waals surface area contributed by atoms with E-state index in [1.165, 1.54) is 22.6 Å². The topological polar surface area (TPSA) is 88.5 Å². The lowest BCUT2D eigenvalue weighted by molar-refractivity contribution is 0.0908. The van der Waals surface area contributed by atoms with Crippen LogP contribution in [0.15, 0.2) is 34.1 Å². The molecule has 1 aliphatic carbocycles. The first-order valence-corrected chi connectivity index (χ1v) is 12.1. The average molecular weight is 434 g/mol. The van der Waals surface area contributed by atoms with Gasteiger partial charge in [-0.1, -0.05) is 33.6 Å². The molecule has 164 valence electrons. The second-order valence-corrected chi connectivity index (χ2v) is 10.0. The van der Waals surface area contributed by atoms with Gasteiger partial charge in [-0.05, 0) is 37.0 Å². The van der Waals surface area contributed by atoms with Crippen LogP contribution in [0.3, 0.4) is 0 Å². The van der Waals surface area contributed by atoms with Gasteiger partial charge >= 0.3 is 0 Å². The maximum atomic E-state index is 13.2. The molecule has 1 fully saturated rings. The van der Waals surface area contributed by atoms with Crippen molar-refractivity contribution < 1.29 is 13.2 Å². The summed E-state index contributed by atoms with van der Waals surface area (Å²) in [5, 5.41) is 3.25. The van der Waals surface area contributed by atoms with Crippen LogP contribution in [0.4, 0.5) is 0 Å². The Morgan fingerprint density at radius 2 is 1.87 bits per heavy atom. The normalized spacial score (nSPS) is 19.9. The summed E-state index contributed by atoms with van der Waals surface area (Å²) in [6.45, 7) is 6.35. The Labute approximate surface area is 178 Å². The molecule has 8 heteroatoms. The molecule has 2 atom stereocenters. The van der Waals surface area contributed by atoms with Gasteiger partial charge in [-0.15, -0.1) is 0 Å². The summed E-state index contributed by atoms with van der Waals surface area (Å²) in [6, 6.07) is 4.59. The Hall–Kier alpha value is -2.19. The fourth-order valence-corrected chi connectivity index (χ4v) is 5.77. The van der Waals surface area contributed by atoms with Crippen molar-refractivity contribution in [2.24, 2.45) is 13.0 Å². The number of sulfonamides is 1. The summed E-state index contributed by atoms with van der Waals surface area (Å²) in [7, 11) is -1.95. The molecule has 0 spiro atoms. The number of pyridine rings is 1. The monoisotopic (exact) mass is 433 g/mol. The summed E-state index contributed by atoms with van der Waals surface area (Å²) in [5.74, 6) is -0.0222. The molecular formula is C22H31N3O4S. The van der Waals surface area contributed by atoms with Crippen molar-refractivity contribution in [1.29, 1.82) is 0 Å². The molecule has 1 aromatic heterocycles. The second-order valence-electron chi connectivity index (χ2n) is 8.09. The van der Waals surface area contributed by atoms with Gasteiger partial charge in [-0.2, -0.15) is 4.31 Å². The zero-order valence-corrected chi connectivity index (χ0v) is 19.0. The molecule has 1 amide bonds. The second kappa shape index (κ2) is 8.89. The first-order chi connectivity index (χ1) is 14.2. The highest BCUT2D eigenvalue weighted by Gasteiger charge is 2.26. The van der Waals surface area contributed by atoms with Crippen LogP contribution in [-0.2, 0) is 17.1 Å². The van der Waals surface area contributed by atoms with E-state index in [1.54, 1.807) is 31.5 Å². The van der Waals surface area contributed by atoms with E-state index in [1.807, 2.05) is 0 Å². The highest BCUT2D eigenvalue weighted by molar-refractivity contribution is 7.89. The maximum Gasteiger partial charge on any atom is 0.256 e. The number of carbonyl (C=O) groups is 1. The molecule has 0 radical (unpaired) electrons. The maximum absolute atomic E-state index is 13.2. The lowest BCUT2D eigenvalue weighted by Gasteiger charge is -2.29. The van der Waals surface area contributed by atoms with Crippen molar-refractivity contribution in [1.82, 2.24) is 14.2 Å². The fourth-order valence-electron chi connectivity index (χ4n) is 4.28. The van der Waals surface area contributed by atoms with Gasteiger partial charge in [0.15, 0.2) is 0 Å². The van der Waals surface area contributed by atoms with Crippen molar-refractivity contribution in [3.8, 4) is 0 Å². The highest BCUT2D eigenvalue weighted by atomic mass is 32.2. The zero-order chi connectivity index (χ0) is 22.1. The fraction of sp³-hybridized carbons (Fsp3) is 0.545. The van der Waals surface area contributed by atoms with Gasteiger partial charge in [0.1, 0.15) is 5.56 Å². The SMILES string of the molecule is CCN(CC)S(=O)(=O)c1ccc2c(c1)c(=O)c(C(=O)N[C@H]1CCCC[C@H]1C)cn2C. The smallest absolute Gasteiger partial charge is 0.256 e. The van der Waals surface area contributed by atoms with Crippen LogP contribution in [0.1, 0.15) is 56.8 Å². The van der Waals surface area contributed by atoms with Gasteiger partial charge in [-0.25, -0.2) is 8.42 Å². The molecule has 0 unspecified atom stereocenters. The van der Waals surface area contributed by atoms with E-state index in [-0.39, 0.29) is 21.9 Å². The molecule has 3 rings (SSSR count). The molecule has 1 heterocycles. The summed E-state index contributed by atoms with van der Waals surface area (Å²) in [5.41, 5.74) is 0.182. The number of carbonyl (C=O) groups excluding carboxylic acids is 1. The Kier molecular flexibility index (Phi) is 6.67. The molecular weight excluding hydrogens is 402 g/mol. The van der Waals surface area contributed by atoms with E-state index in [0.29, 0.717) is 24.5 Å². The molecule has 1 aliphatic rings. The molecule has 2 aromatic rings. The minimum atomic E-state index is -3.70. The number of nitrogens with one attached hydrogen (secondary N) is 1. The average Bonchev–Trinajstić information content (AvgIpc) is 2.72. The van der Waals surface area contributed by atoms with Gasteiger partial charge < -0.3 is 9.88 Å². The molecule has 7 nitrogen and oxygen atoms in total. The zero-order valence-electron chi connectivity index (χ0n) is 18.1. The molecule has 0 bridgehead atoms. The van der Waals surface area contributed by atoms with Crippen molar-refractivity contribution >= 4 is 26.8 Å². The molecule has 30 heavy (non-hydrogen) atoms. The van der Waals surface area contributed by atoms with E-state index in [2.05, 4.69) is 12.2 Å². The first-order valence-electron chi connectivity index (χ1n) is 10.6. The number of aryl methyl sites for hydroxylation is 1. The highest BCUT2D eigenvalue weighted by Crippen LogP contribution is 2.24. The standard InChI is InChI=1S/C22H31N3O4S/c1-5-25(6-2)30(28,29)16-11-12-20-17(13-16)21(26)18(14-24(20)4)22(27)23-19-10-8-7-9-15(19)3/h11-15,19H,5-10H2,1-4H3,(H,23,27)/t15-,19+/m1/s1. The van der Waals surface area contributed by atoms with Gasteiger partial charge in [0.25, 0.3) is 5.91 Å². The number of hydrogen-bond donors (Lipinski definition) is 1. The molecule has 1 saturated carbocycles. The van der Waals surface area contributed by atoms with E-state index < -0.39 is 21.4 Å². The predicted octanol–water partition coefficient (Wildman–Crippen LogP) is 2.88. The van der Waals surface area contributed by atoms with E-state index in [0.717, 1.165) is 25.7 Å². The third-order valence-electron chi connectivity index (χ3n) is 6.18. The van der Waals surface area contributed by atoms with Gasteiger partial charge in [0, 0.05) is 37.8 Å². The number of rotatable bonds is 6. The Morgan fingerprint density at radius 1 is 1.20 bits per heavy atom. The first kappa shape index (κ1) is 22.5. The summed E-state index contributed by atoms with van der Waals surface area (Å²) in [4.78, 5) is 26.1. The number of amides is 1. The van der Waals surface area contributed by atoms with E-state index in [9.17, 15) is 18.0 Å². The van der Waals surface area contributed by atoms with E-state index in [4.69, 9.17) is 0 Å². The lowest BCUT2D eigenvalue weighted by Crippen LogP contribution is -2.42.